The Morgan fingerprint density at radius 2 is 1.96 bits per heavy atom. The molecule has 1 aromatic heterocycles. The zero-order valence-electron chi connectivity index (χ0n) is 12.9. The maximum absolute atomic E-state index is 12.8. The van der Waals surface area contributed by atoms with Crippen LogP contribution in [0.25, 0.3) is 0 Å². The first-order valence-electron chi connectivity index (χ1n) is 7.88. The molecular weight excluding hydrogens is 351 g/mol. The molecule has 1 unspecified atom stereocenters. The van der Waals surface area contributed by atoms with Gasteiger partial charge in [0.25, 0.3) is 5.91 Å². The van der Waals surface area contributed by atoms with Gasteiger partial charge in [0.05, 0.1) is 11.1 Å². The van der Waals surface area contributed by atoms with Crippen LogP contribution < -0.4 is 9.47 Å². The van der Waals surface area contributed by atoms with Crippen molar-refractivity contribution in [2.24, 2.45) is 0 Å². The first-order valence-corrected chi connectivity index (χ1v) is 8.63. The highest BCUT2D eigenvalue weighted by molar-refractivity contribution is 6.41. The zero-order chi connectivity index (χ0) is 16.7. The molecule has 2 aromatic rings. The Hall–Kier alpha value is -1.85. The van der Waals surface area contributed by atoms with Crippen LogP contribution in [0, 0.1) is 0 Å². The standard InChI is InChI=1S/C17H16Cl2N2O3/c18-11-9-12(20-16(11)19)17(22)21-5-1-2-13(21)10-3-4-14-15(8-10)24-7-6-23-14/h3-4,8-9,13,20H,1-2,5-7H2. The first-order chi connectivity index (χ1) is 11.6. The molecule has 24 heavy (non-hydrogen) atoms. The number of likely N-dealkylation sites (tertiary alicyclic amines) is 1. The quantitative estimate of drug-likeness (QED) is 0.871. The highest BCUT2D eigenvalue weighted by Crippen LogP contribution is 2.38. The van der Waals surface area contributed by atoms with Crippen molar-refractivity contribution >= 4 is 29.1 Å². The van der Waals surface area contributed by atoms with Gasteiger partial charge in [0.15, 0.2) is 11.5 Å². The molecule has 1 aromatic carbocycles. The van der Waals surface area contributed by atoms with E-state index in [1.165, 1.54) is 0 Å². The number of nitrogens with zero attached hydrogens (tertiary/aromatic N) is 1. The van der Waals surface area contributed by atoms with Crippen molar-refractivity contribution in [3.8, 4) is 11.5 Å². The van der Waals surface area contributed by atoms with E-state index in [1.807, 2.05) is 23.1 Å². The molecule has 0 radical (unpaired) electrons. The van der Waals surface area contributed by atoms with Gasteiger partial charge in [0, 0.05) is 6.54 Å². The summed E-state index contributed by atoms with van der Waals surface area (Å²) in [6, 6.07) is 7.46. The number of aromatic amines is 1. The molecule has 0 aliphatic carbocycles. The van der Waals surface area contributed by atoms with Crippen LogP contribution in [0.4, 0.5) is 0 Å². The third-order valence-corrected chi connectivity index (χ3v) is 5.11. The van der Waals surface area contributed by atoms with Crippen molar-refractivity contribution in [1.82, 2.24) is 9.88 Å². The van der Waals surface area contributed by atoms with E-state index < -0.39 is 0 Å². The maximum atomic E-state index is 12.8. The van der Waals surface area contributed by atoms with Crippen LogP contribution in [0.5, 0.6) is 11.5 Å². The van der Waals surface area contributed by atoms with Gasteiger partial charge in [-0.3, -0.25) is 4.79 Å². The average molecular weight is 367 g/mol. The van der Waals surface area contributed by atoms with Crippen LogP contribution in [0.1, 0.15) is 34.9 Å². The molecule has 0 saturated carbocycles. The molecule has 3 heterocycles. The first kappa shape index (κ1) is 15.7. The van der Waals surface area contributed by atoms with Gasteiger partial charge in [0.1, 0.15) is 24.1 Å². The number of benzene rings is 1. The molecule has 1 N–H and O–H groups in total. The zero-order valence-corrected chi connectivity index (χ0v) is 14.4. The van der Waals surface area contributed by atoms with E-state index >= 15 is 0 Å². The maximum Gasteiger partial charge on any atom is 0.270 e. The fourth-order valence-electron chi connectivity index (χ4n) is 3.30. The van der Waals surface area contributed by atoms with Crippen molar-refractivity contribution in [3.63, 3.8) is 0 Å². The van der Waals surface area contributed by atoms with Gasteiger partial charge in [-0.2, -0.15) is 0 Å². The summed E-state index contributed by atoms with van der Waals surface area (Å²) in [5.41, 5.74) is 1.46. The van der Waals surface area contributed by atoms with E-state index in [0.717, 1.165) is 29.9 Å². The van der Waals surface area contributed by atoms with Crippen molar-refractivity contribution < 1.29 is 14.3 Å². The molecule has 0 bridgehead atoms. The highest BCUT2D eigenvalue weighted by atomic mass is 35.5. The molecule has 1 atom stereocenters. The molecule has 2 aliphatic heterocycles. The van der Waals surface area contributed by atoms with Crippen molar-refractivity contribution in [2.45, 2.75) is 18.9 Å². The van der Waals surface area contributed by atoms with E-state index in [-0.39, 0.29) is 17.1 Å². The Morgan fingerprint density at radius 1 is 1.17 bits per heavy atom. The second kappa shape index (κ2) is 6.22. The van der Waals surface area contributed by atoms with E-state index in [2.05, 4.69) is 4.98 Å². The van der Waals surface area contributed by atoms with Gasteiger partial charge in [-0.25, -0.2) is 0 Å². The minimum absolute atomic E-state index is 0.00850. The highest BCUT2D eigenvalue weighted by Gasteiger charge is 2.32. The molecule has 5 nitrogen and oxygen atoms in total. The van der Waals surface area contributed by atoms with Crippen LogP contribution in [0.2, 0.25) is 10.2 Å². The number of hydrogen-bond donors (Lipinski definition) is 1. The van der Waals surface area contributed by atoms with Crippen molar-refractivity contribution in [1.29, 1.82) is 0 Å². The number of amides is 1. The number of H-pyrrole nitrogens is 1. The molecule has 2 aliphatic rings. The Morgan fingerprint density at radius 3 is 2.71 bits per heavy atom. The minimum atomic E-state index is -0.0961. The van der Waals surface area contributed by atoms with Crippen LogP contribution in [-0.4, -0.2) is 35.5 Å². The average Bonchev–Trinajstić information content (AvgIpc) is 3.21. The lowest BCUT2D eigenvalue weighted by molar-refractivity contribution is 0.0730. The third kappa shape index (κ3) is 2.72. The van der Waals surface area contributed by atoms with Crippen LogP contribution in [-0.2, 0) is 0 Å². The Balaban J connectivity index is 1.61. The Bertz CT molecular complexity index is 771. The summed E-state index contributed by atoms with van der Waals surface area (Å²) in [6.07, 6.45) is 1.86. The third-order valence-electron chi connectivity index (χ3n) is 4.42. The monoisotopic (exact) mass is 366 g/mol. The summed E-state index contributed by atoms with van der Waals surface area (Å²) < 4.78 is 11.2. The molecular formula is C17H16Cl2N2O3. The summed E-state index contributed by atoms with van der Waals surface area (Å²) in [5.74, 6) is 1.40. The van der Waals surface area contributed by atoms with Gasteiger partial charge in [-0.15, -0.1) is 0 Å². The number of halogens is 2. The molecule has 1 fully saturated rings. The lowest BCUT2D eigenvalue weighted by atomic mass is 10.0. The van der Waals surface area contributed by atoms with Gasteiger partial charge >= 0.3 is 0 Å². The van der Waals surface area contributed by atoms with Crippen molar-refractivity contribution in [2.75, 3.05) is 19.8 Å². The van der Waals surface area contributed by atoms with Gasteiger partial charge in [-0.05, 0) is 36.6 Å². The number of aromatic nitrogens is 1. The number of nitrogens with one attached hydrogen (secondary N) is 1. The summed E-state index contributed by atoms with van der Waals surface area (Å²) in [4.78, 5) is 17.5. The van der Waals surface area contributed by atoms with Gasteiger partial charge in [0.2, 0.25) is 0 Å². The lowest BCUT2D eigenvalue weighted by Gasteiger charge is -2.26. The normalized spacial score (nSPS) is 19.6. The second-order valence-corrected chi connectivity index (χ2v) is 6.69. The van der Waals surface area contributed by atoms with E-state index in [1.54, 1.807) is 6.07 Å². The van der Waals surface area contributed by atoms with Crippen molar-refractivity contribution in [3.05, 3.63) is 45.7 Å². The number of carbonyl (C=O) groups is 1. The number of rotatable bonds is 2. The minimum Gasteiger partial charge on any atom is -0.486 e. The topological polar surface area (TPSA) is 54.6 Å². The fourth-order valence-corrected chi connectivity index (χ4v) is 3.61. The Kier molecular flexibility index (Phi) is 4.06. The molecule has 0 spiro atoms. The van der Waals surface area contributed by atoms with E-state index in [9.17, 15) is 4.79 Å². The van der Waals surface area contributed by atoms with Gasteiger partial charge in [-0.1, -0.05) is 29.3 Å². The molecule has 7 heteroatoms. The fraction of sp³-hybridized carbons (Fsp3) is 0.353. The van der Waals surface area contributed by atoms with Gasteiger partial charge < -0.3 is 19.4 Å². The summed E-state index contributed by atoms with van der Waals surface area (Å²) >= 11 is 11.9. The van der Waals surface area contributed by atoms with E-state index in [4.69, 9.17) is 32.7 Å². The summed E-state index contributed by atoms with van der Waals surface area (Å²) in [5, 5.41) is 0.644. The number of fused-ring (bicyclic) bond motifs is 1. The number of hydrogen-bond acceptors (Lipinski definition) is 3. The lowest BCUT2D eigenvalue weighted by Crippen LogP contribution is -2.30. The predicted octanol–water partition coefficient (Wildman–Crippen LogP) is 4.07. The summed E-state index contributed by atoms with van der Waals surface area (Å²) in [6.45, 7) is 1.81. The number of ether oxygens (including phenoxy) is 2. The smallest absolute Gasteiger partial charge is 0.270 e. The number of carbonyl (C=O) groups excluding carboxylic acids is 1. The van der Waals surface area contributed by atoms with Crippen LogP contribution >= 0.6 is 23.2 Å². The molecule has 1 amide bonds. The second-order valence-electron chi connectivity index (χ2n) is 5.90. The molecule has 126 valence electrons. The SMILES string of the molecule is O=C(c1cc(Cl)c(Cl)[nH]1)N1CCCC1c1ccc2c(c1)OCCO2. The predicted molar refractivity (Wildman–Crippen MR) is 91.3 cm³/mol. The Labute approximate surface area is 149 Å². The molecule has 1 saturated heterocycles. The van der Waals surface area contributed by atoms with E-state index in [0.29, 0.717) is 30.5 Å². The summed E-state index contributed by atoms with van der Waals surface area (Å²) in [7, 11) is 0. The molecule has 4 rings (SSSR count). The van der Waals surface area contributed by atoms with Crippen LogP contribution in [0.3, 0.4) is 0 Å². The van der Waals surface area contributed by atoms with Crippen LogP contribution in [0.15, 0.2) is 24.3 Å². The largest absolute Gasteiger partial charge is 0.486 e.